The van der Waals surface area contributed by atoms with Crippen molar-refractivity contribution in [1.29, 1.82) is 0 Å². The Bertz CT molecular complexity index is 403. The third-order valence-electron chi connectivity index (χ3n) is 5.77. The molecule has 1 aliphatic heterocycles. The average molecular weight is 467 g/mol. The number of hydrogen-bond donors (Lipinski definition) is 2. The molecule has 1 saturated heterocycles. The normalized spacial score (nSPS) is 22.5. The third kappa shape index (κ3) is 6.86. The summed E-state index contributed by atoms with van der Waals surface area (Å²) in [4.78, 5) is 4.42. The minimum Gasteiger partial charge on any atom is -0.381 e. The van der Waals surface area contributed by atoms with E-state index in [1.807, 2.05) is 7.05 Å². The first-order valence-corrected chi connectivity index (χ1v) is 9.61. The first kappa shape index (κ1) is 23.0. The molecule has 0 spiro atoms. The van der Waals surface area contributed by atoms with Gasteiger partial charge in [-0.25, -0.2) is 0 Å². The van der Waals surface area contributed by atoms with Crippen molar-refractivity contribution in [2.45, 2.75) is 64.4 Å². The van der Waals surface area contributed by atoms with Crippen LogP contribution in [0.3, 0.4) is 0 Å². The lowest BCUT2D eigenvalue weighted by Gasteiger charge is -2.37. The standard InChI is InChI=1S/C19H37N3O2.HI/c1-16(2)13-18(7-5-6-8-18)14-21-17(20-3)22-15-19(23-4)9-11-24-12-10-19;/h16H,5-15H2,1-4H3,(H2,20,21,22);1H. The summed E-state index contributed by atoms with van der Waals surface area (Å²) >= 11 is 0. The van der Waals surface area contributed by atoms with Crippen LogP contribution in [0.25, 0.3) is 0 Å². The van der Waals surface area contributed by atoms with Crippen molar-refractivity contribution in [2.24, 2.45) is 16.3 Å². The summed E-state index contributed by atoms with van der Waals surface area (Å²) in [5.41, 5.74) is 0.322. The zero-order chi connectivity index (χ0) is 17.5. The molecule has 0 radical (unpaired) electrons. The molecule has 148 valence electrons. The molecule has 2 N–H and O–H groups in total. The van der Waals surface area contributed by atoms with Gasteiger partial charge in [0.2, 0.25) is 0 Å². The highest BCUT2D eigenvalue weighted by atomic mass is 127. The number of nitrogens with one attached hydrogen (secondary N) is 2. The predicted molar refractivity (Wildman–Crippen MR) is 115 cm³/mol. The van der Waals surface area contributed by atoms with Crippen LogP contribution in [-0.2, 0) is 9.47 Å². The maximum atomic E-state index is 5.80. The molecule has 0 aromatic heterocycles. The molecule has 1 heterocycles. The number of guanidine groups is 1. The van der Waals surface area contributed by atoms with Gasteiger partial charge in [-0.3, -0.25) is 4.99 Å². The SMILES string of the molecule is CN=C(NCC1(CC(C)C)CCCC1)NCC1(OC)CCOCC1.I. The van der Waals surface area contributed by atoms with Gasteiger partial charge < -0.3 is 20.1 Å². The minimum atomic E-state index is -0.126. The second kappa shape index (κ2) is 10.9. The van der Waals surface area contributed by atoms with Gasteiger partial charge in [-0.2, -0.15) is 0 Å². The van der Waals surface area contributed by atoms with Gasteiger partial charge in [0.15, 0.2) is 5.96 Å². The molecule has 6 heteroatoms. The van der Waals surface area contributed by atoms with Gasteiger partial charge >= 0.3 is 0 Å². The van der Waals surface area contributed by atoms with Gasteiger partial charge in [-0.1, -0.05) is 26.7 Å². The van der Waals surface area contributed by atoms with Crippen molar-refractivity contribution in [1.82, 2.24) is 10.6 Å². The van der Waals surface area contributed by atoms with Gasteiger partial charge in [-0.05, 0) is 30.6 Å². The molecule has 5 nitrogen and oxygen atoms in total. The Balaban J connectivity index is 0.00000312. The van der Waals surface area contributed by atoms with Crippen LogP contribution in [-0.4, -0.2) is 52.0 Å². The lowest BCUT2D eigenvalue weighted by Crippen LogP contribution is -2.52. The summed E-state index contributed by atoms with van der Waals surface area (Å²) in [6.07, 6.45) is 8.59. The topological polar surface area (TPSA) is 54.9 Å². The van der Waals surface area contributed by atoms with E-state index in [9.17, 15) is 0 Å². The van der Waals surface area contributed by atoms with Crippen molar-refractivity contribution in [2.75, 3.05) is 40.5 Å². The van der Waals surface area contributed by atoms with Gasteiger partial charge in [0.05, 0.1) is 5.60 Å². The molecule has 0 amide bonds. The molecule has 1 saturated carbocycles. The van der Waals surface area contributed by atoms with E-state index in [4.69, 9.17) is 9.47 Å². The van der Waals surface area contributed by atoms with Crippen molar-refractivity contribution < 1.29 is 9.47 Å². The number of aliphatic imine (C=N–C) groups is 1. The molecule has 2 rings (SSSR count). The lowest BCUT2D eigenvalue weighted by molar-refractivity contribution is -0.0855. The van der Waals surface area contributed by atoms with Crippen molar-refractivity contribution in [3.63, 3.8) is 0 Å². The Hall–Kier alpha value is -0.0800. The van der Waals surface area contributed by atoms with Gasteiger partial charge in [0.1, 0.15) is 0 Å². The highest BCUT2D eigenvalue weighted by Gasteiger charge is 2.35. The summed E-state index contributed by atoms with van der Waals surface area (Å²) in [5, 5.41) is 7.07. The van der Waals surface area contributed by atoms with Crippen LogP contribution in [0, 0.1) is 11.3 Å². The number of rotatable bonds is 7. The summed E-state index contributed by atoms with van der Waals surface area (Å²) < 4.78 is 11.3. The van der Waals surface area contributed by atoms with E-state index < -0.39 is 0 Å². The number of ether oxygens (including phenoxy) is 2. The van der Waals surface area contributed by atoms with Crippen molar-refractivity contribution >= 4 is 29.9 Å². The van der Waals surface area contributed by atoms with E-state index in [-0.39, 0.29) is 29.6 Å². The monoisotopic (exact) mass is 467 g/mol. The largest absolute Gasteiger partial charge is 0.381 e. The van der Waals surface area contributed by atoms with Crippen molar-refractivity contribution in [3.8, 4) is 0 Å². The highest BCUT2D eigenvalue weighted by Crippen LogP contribution is 2.42. The molecule has 0 atom stereocenters. The molecule has 0 unspecified atom stereocenters. The molecule has 2 aliphatic rings. The Labute approximate surface area is 171 Å². The molecular weight excluding hydrogens is 429 g/mol. The van der Waals surface area contributed by atoms with E-state index in [0.29, 0.717) is 5.41 Å². The molecule has 2 fully saturated rings. The Morgan fingerprint density at radius 1 is 1.08 bits per heavy atom. The number of nitrogens with zero attached hydrogens (tertiary/aromatic N) is 1. The summed E-state index contributed by atoms with van der Waals surface area (Å²) in [5.74, 6) is 1.65. The van der Waals surface area contributed by atoms with Crippen LogP contribution in [0.5, 0.6) is 0 Å². The minimum absolute atomic E-state index is 0. The molecule has 0 bridgehead atoms. The maximum Gasteiger partial charge on any atom is 0.191 e. The number of hydrogen-bond acceptors (Lipinski definition) is 3. The Kier molecular flexibility index (Phi) is 10.0. The molecular formula is C19H38IN3O2. The van der Waals surface area contributed by atoms with E-state index in [2.05, 4.69) is 29.5 Å². The van der Waals surface area contributed by atoms with Gasteiger partial charge in [-0.15, -0.1) is 24.0 Å². The van der Waals surface area contributed by atoms with E-state index in [1.54, 1.807) is 7.11 Å². The van der Waals surface area contributed by atoms with E-state index in [1.165, 1.54) is 32.1 Å². The Morgan fingerprint density at radius 3 is 2.20 bits per heavy atom. The summed E-state index contributed by atoms with van der Waals surface area (Å²) in [6, 6.07) is 0. The average Bonchev–Trinajstić information content (AvgIpc) is 3.03. The predicted octanol–water partition coefficient (Wildman–Crippen LogP) is 3.57. The fourth-order valence-corrected chi connectivity index (χ4v) is 4.38. The summed E-state index contributed by atoms with van der Waals surface area (Å²) in [6.45, 7) is 8.02. The zero-order valence-electron chi connectivity index (χ0n) is 16.5. The highest BCUT2D eigenvalue weighted by molar-refractivity contribution is 14.0. The number of methoxy groups -OCH3 is 1. The van der Waals surface area contributed by atoms with Gasteiger partial charge in [0, 0.05) is 53.3 Å². The first-order valence-electron chi connectivity index (χ1n) is 9.61. The van der Waals surface area contributed by atoms with Crippen LogP contribution in [0.4, 0.5) is 0 Å². The van der Waals surface area contributed by atoms with E-state index in [0.717, 1.165) is 51.0 Å². The second-order valence-electron chi connectivity index (χ2n) is 8.08. The molecule has 0 aromatic carbocycles. The quantitative estimate of drug-likeness (QED) is 0.342. The summed E-state index contributed by atoms with van der Waals surface area (Å²) in [7, 11) is 3.65. The lowest BCUT2D eigenvalue weighted by atomic mass is 9.78. The Morgan fingerprint density at radius 2 is 1.68 bits per heavy atom. The van der Waals surface area contributed by atoms with Crippen molar-refractivity contribution in [3.05, 3.63) is 0 Å². The van der Waals surface area contributed by atoms with E-state index >= 15 is 0 Å². The zero-order valence-corrected chi connectivity index (χ0v) is 18.9. The number of halogens is 1. The molecule has 0 aromatic rings. The molecule has 25 heavy (non-hydrogen) atoms. The second-order valence-corrected chi connectivity index (χ2v) is 8.08. The van der Waals surface area contributed by atoms with Crippen LogP contribution >= 0.6 is 24.0 Å². The fraction of sp³-hybridized carbons (Fsp3) is 0.947. The van der Waals surface area contributed by atoms with Gasteiger partial charge in [0.25, 0.3) is 0 Å². The van der Waals surface area contributed by atoms with Crippen LogP contribution in [0.15, 0.2) is 4.99 Å². The smallest absolute Gasteiger partial charge is 0.191 e. The molecule has 1 aliphatic carbocycles. The van der Waals surface area contributed by atoms with Crippen LogP contribution < -0.4 is 10.6 Å². The fourth-order valence-electron chi connectivity index (χ4n) is 4.38. The van der Waals surface area contributed by atoms with Crippen LogP contribution in [0.1, 0.15) is 58.8 Å². The third-order valence-corrected chi connectivity index (χ3v) is 5.77. The first-order chi connectivity index (χ1) is 11.5. The van der Waals surface area contributed by atoms with Crippen LogP contribution in [0.2, 0.25) is 0 Å². The maximum absolute atomic E-state index is 5.80.